The third kappa shape index (κ3) is 3.05. The summed E-state index contributed by atoms with van der Waals surface area (Å²) >= 11 is 5.61. The molecule has 7 heteroatoms. The molecule has 0 aromatic carbocycles. The van der Waals surface area contributed by atoms with Crippen molar-refractivity contribution in [1.82, 2.24) is 9.97 Å². The van der Waals surface area contributed by atoms with Crippen molar-refractivity contribution in [3.63, 3.8) is 0 Å². The van der Waals surface area contributed by atoms with Crippen molar-refractivity contribution >= 4 is 29.2 Å². The summed E-state index contributed by atoms with van der Waals surface area (Å²) in [5.41, 5.74) is 0.164. The molecule has 0 aliphatic heterocycles. The highest BCUT2D eigenvalue weighted by Gasteiger charge is 2.14. The van der Waals surface area contributed by atoms with Gasteiger partial charge in [0.2, 0.25) is 0 Å². The fourth-order valence-corrected chi connectivity index (χ4v) is 1.49. The highest BCUT2D eigenvalue weighted by atomic mass is 35.5. The number of halogens is 1. The zero-order valence-electron chi connectivity index (χ0n) is 9.50. The molecule has 0 bridgehead atoms. The maximum absolute atomic E-state index is 11.9. The van der Waals surface area contributed by atoms with Crippen LogP contribution in [-0.2, 0) is 0 Å². The minimum atomic E-state index is -1.22. The molecule has 1 amide bonds. The number of hydrogen-bond acceptors (Lipinski definition) is 4. The van der Waals surface area contributed by atoms with Gasteiger partial charge in [0.05, 0.1) is 11.3 Å². The molecule has 0 unspecified atom stereocenters. The van der Waals surface area contributed by atoms with Crippen LogP contribution in [0.15, 0.2) is 36.7 Å². The predicted octanol–water partition coefficient (Wildman–Crippen LogP) is 2.08. The van der Waals surface area contributed by atoms with Crippen LogP contribution in [0.4, 0.5) is 5.69 Å². The van der Waals surface area contributed by atoms with Crippen LogP contribution in [0.3, 0.4) is 0 Å². The first-order valence-corrected chi connectivity index (χ1v) is 5.57. The smallest absolute Gasteiger partial charge is 0.356 e. The van der Waals surface area contributed by atoms with Crippen molar-refractivity contribution in [1.29, 1.82) is 0 Å². The van der Waals surface area contributed by atoms with Gasteiger partial charge in [0.1, 0.15) is 5.15 Å². The van der Waals surface area contributed by atoms with Crippen molar-refractivity contribution in [3.8, 4) is 0 Å². The topological polar surface area (TPSA) is 92.2 Å². The van der Waals surface area contributed by atoms with Gasteiger partial charge in [-0.3, -0.25) is 4.79 Å². The molecule has 96 valence electrons. The summed E-state index contributed by atoms with van der Waals surface area (Å²) in [6.45, 7) is 0. The number of amides is 1. The molecule has 2 rings (SSSR count). The lowest BCUT2D eigenvalue weighted by molar-refractivity contribution is 0.0692. The molecule has 0 radical (unpaired) electrons. The molecule has 2 aromatic heterocycles. The molecular formula is C12H8ClN3O3. The van der Waals surface area contributed by atoms with Crippen LogP contribution in [0, 0.1) is 0 Å². The summed E-state index contributed by atoms with van der Waals surface area (Å²) in [5, 5.41) is 11.7. The number of carbonyl (C=O) groups excluding carboxylic acids is 1. The Morgan fingerprint density at radius 3 is 2.63 bits per heavy atom. The van der Waals surface area contributed by atoms with E-state index in [-0.39, 0.29) is 22.1 Å². The number of carbonyl (C=O) groups is 2. The van der Waals surface area contributed by atoms with E-state index < -0.39 is 11.9 Å². The summed E-state index contributed by atoms with van der Waals surface area (Å²) in [5.74, 6) is -1.70. The second-order valence-corrected chi connectivity index (χ2v) is 3.92. The lowest BCUT2D eigenvalue weighted by atomic mass is 10.2. The van der Waals surface area contributed by atoms with Gasteiger partial charge in [0, 0.05) is 12.4 Å². The van der Waals surface area contributed by atoms with E-state index in [1.54, 1.807) is 0 Å². The van der Waals surface area contributed by atoms with E-state index in [4.69, 9.17) is 16.7 Å². The number of hydrogen-bond donors (Lipinski definition) is 2. The molecule has 0 atom stereocenters. The first kappa shape index (κ1) is 13.0. The normalized spacial score (nSPS) is 9.95. The third-order valence-corrected chi connectivity index (χ3v) is 2.47. The highest BCUT2D eigenvalue weighted by Crippen LogP contribution is 2.14. The average molecular weight is 278 g/mol. The molecule has 2 N–H and O–H groups in total. The van der Waals surface area contributed by atoms with Crippen LogP contribution in [-0.4, -0.2) is 27.0 Å². The van der Waals surface area contributed by atoms with Crippen molar-refractivity contribution in [3.05, 3.63) is 53.1 Å². The van der Waals surface area contributed by atoms with E-state index in [0.717, 1.165) is 0 Å². The van der Waals surface area contributed by atoms with Crippen LogP contribution in [0.5, 0.6) is 0 Å². The predicted molar refractivity (Wildman–Crippen MR) is 68.4 cm³/mol. The van der Waals surface area contributed by atoms with Crippen LogP contribution < -0.4 is 5.32 Å². The Kier molecular flexibility index (Phi) is 3.72. The second-order valence-electron chi connectivity index (χ2n) is 3.53. The van der Waals surface area contributed by atoms with Crippen molar-refractivity contribution in [2.75, 3.05) is 5.32 Å². The number of anilines is 1. The maximum Gasteiger partial charge on any atom is 0.356 e. The van der Waals surface area contributed by atoms with E-state index in [9.17, 15) is 9.59 Å². The molecule has 6 nitrogen and oxygen atoms in total. The molecule has 0 aliphatic carbocycles. The van der Waals surface area contributed by atoms with Gasteiger partial charge in [-0.05, 0) is 24.3 Å². The van der Waals surface area contributed by atoms with E-state index in [0.29, 0.717) is 0 Å². The Bertz CT molecular complexity index is 628. The molecule has 0 spiro atoms. The highest BCUT2D eigenvalue weighted by molar-refractivity contribution is 6.29. The van der Waals surface area contributed by atoms with Gasteiger partial charge in [0.25, 0.3) is 5.91 Å². The standard InChI is InChI=1S/C12H8ClN3O3/c13-9-4-3-7(6-15-9)11(17)16-8-2-1-5-14-10(8)12(18)19/h1-6H,(H,16,17)(H,18,19). The van der Waals surface area contributed by atoms with Crippen LogP contribution >= 0.6 is 11.6 Å². The van der Waals surface area contributed by atoms with E-state index >= 15 is 0 Å². The van der Waals surface area contributed by atoms with E-state index in [1.807, 2.05) is 0 Å². The SMILES string of the molecule is O=C(Nc1cccnc1C(=O)O)c1ccc(Cl)nc1. The van der Waals surface area contributed by atoms with E-state index in [1.165, 1.54) is 36.7 Å². The Hall–Kier alpha value is -2.47. The van der Waals surface area contributed by atoms with Gasteiger partial charge < -0.3 is 10.4 Å². The molecular weight excluding hydrogens is 270 g/mol. The number of aromatic carboxylic acids is 1. The van der Waals surface area contributed by atoms with Gasteiger partial charge in [-0.1, -0.05) is 11.6 Å². The monoisotopic (exact) mass is 277 g/mol. The average Bonchev–Trinajstić information content (AvgIpc) is 2.39. The lowest BCUT2D eigenvalue weighted by Crippen LogP contribution is -2.15. The zero-order valence-corrected chi connectivity index (χ0v) is 10.3. The zero-order chi connectivity index (χ0) is 13.8. The molecule has 2 aromatic rings. The second kappa shape index (κ2) is 5.45. The number of rotatable bonds is 3. The van der Waals surface area contributed by atoms with Crippen molar-refractivity contribution < 1.29 is 14.7 Å². The van der Waals surface area contributed by atoms with Crippen LogP contribution in [0.1, 0.15) is 20.8 Å². The number of carboxylic acid groups (broad SMARTS) is 1. The maximum atomic E-state index is 11.9. The van der Waals surface area contributed by atoms with Gasteiger partial charge in [-0.2, -0.15) is 0 Å². The van der Waals surface area contributed by atoms with E-state index in [2.05, 4.69) is 15.3 Å². The number of carboxylic acids is 1. The summed E-state index contributed by atoms with van der Waals surface area (Å²) in [6.07, 6.45) is 2.64. The largest absolute Gasteiger partial charge is 0.476 e. The van der Waals surface area contributed by atoms with Crippen molar-refractivity contribution in [2.45, 2.75) is 0 Å². The number of pyridine rings is 2. The Morgan fingerprint density at radius 2 is 2.00 bits per heavy atom. The Labute approximate surface area is 113 Å². The minimum Gasteiger partial charge on any atom is -0.476 e. The molecule has 0 saturated carbocycles. The van der Waals surface area contributed by atoms with Gasteiger partial charge in [-0.15, -0.1) is 0 Å². The fourth-order valence-electron chi connectivity index (χ4n) is 1.38. The lowest BCUT2D eigenvalue weighted by Gasteiger charge is -2.07. The molecule has 0 saturated heterocycles. The summed E-state index contributed by atoms with van der Waals surface area (Å²) < 4.78 is 0. The number of aromatic nitrogens is 2. The van der Waals surface area contributed by atoms with Crippen LogP contribution in [0.2, 0.25) is 5.15 Å². The quantitative estimate of drug-likeness (QED) is 0.838. The Balaban J connectivity index is 2.24. The number of nitrogens with one attached hydrogen (secondary N) is 1. The summed E-state index contributed by atoms with van der Waals surface area (Å²) in [6, 6.07) is 5.94. The minimum absolute atomic E-state index is 0.120. The summed E-state index contributed by atoms with van der Waals surface area (Å²) in [4.78, 5) is 30.3. The van der Waals surface area contributed by atoms with Gasteiger partial charge in [0.15, 0.2) is 5.69 Å². The van der Waals surface area contributed by atoms with Crippen LogP contribution in [0.25, 0.3) is 0 Å². The number of nitrogens with zero attached hydrogens (tertiary/aromatic N) is 2. The fraction of sp³-hybridized carbons (Fsp3) is 0. The third-order valence-electron chi connectivity index (χ3n) is 2.25. The molecule has 0 fully saturated rings. The van der Waals surface area contributed by atoms with Gasteiger partial charge in [-0.25, -0.2) is 14.8 Å². The molecule has 2 heterocycles. The van der Waals surface area contributed by atoms with Gasteiger partial charge >= 0.3 is 5.97 Å². The molecule has 0 aliphatic rings. The Morgan fingerprint density at radius 1 is 1.21 bits per heavy atom. The first-order valence-electron chi connectivity index (χ1n) is 5.19. The summed E-state index contributed by atoms with van der Waals surface area (Å²) in [7, 11) is 0. The molecule has 19 heavy (non-hydrogen) atoms. The van der Waals surface area contributed by atoms with Crippen molar-refractivity contribution in [2.24, 2.45) is 0 Å². The first-order chi connectivity index (χ1) is 9.08.